The summed E-state index contributed by atoms with van der Waals surface area (Å²) >= 11 is 0. The Morgan fingerprint density at radius 1 is 0.571 bits per heavy atom. The third kappa shape index (κ3) is 5.89. The molecule has 3 heterocycles. The van der Waals surface area contributed by atoms with Crippen molar-refractivity contribution in [3.8, 4) is 34.1 Å². The standard InChI is InChI=1S/C42H36O7/c1-42(31-11-7-28(8-12-31)27-5-3-2-4-6-27)40-34-15-13-32(43-19-21-45-38-25-47-38)23-29(34)9-17-36(40)49-37-18-10-30-24-33(14-16-35(30)41(37)42)44-20-22-46-39-26-48-39/h2-18,23-24,38-39H,19-22,25-26H2,1H3. The van der Waals surface area contributed by atoms with E-state index in [-0.39, 0.29) is 12.6 Å². The highest BCUT2D eigenvalue weighted by atomic mass is 16.8. The second-order valence-corrected chi connectivity index (χ2v) is 12.8. The lowest BCUT2D eigenvalue weighted by atomic mass is 9.66. The van der Waals surface area contributed by atoms with Gasteiger partial charge in [-0.1, -0.05) is 78.9 Å². The smallest absolute Gasteiger partial charge is 0.181 e. The van der Waals surface area contributed by atoms with Crippen molar-refractivity contribution >= 4 is 21.5 Å². The molecular weight excluding hydrogens is 616 g/mol. The maximum atomic E-state index is 6.76. The van der Waals surface area contributed by atoms with Crippen molar-refractivity contribution in [2.45, 2.75) is 24.9 Å². The Bertz CT molecular complexity index is 2030. The Labute approximate surface area is 284 Å². The summed E-state index contributed by atoms with van der Waals surface area (Å²) in [6.07, 6.45) is -0.155. The molecule has 0 radical (unpaired) electrons. The highest BCUT2D eigenvalue weighted by Crippen LogP contribution is 2.56. The van der Waals surface area contributed by atoms with E-state index in [0.29, 0.717) is 39.6 Å². The predicted molar refractivity (Wildman–Crippen MR) is 188 cm³/mol. The number of hydrogen-bond donors (Lipinski definition) is 0. The van der Waals surface area contributed by atoms with Gasteiger partial charge in [-0.2, -0.15) is 0 Å². The van der Waals surface area contributed by atoms with Crippen LogP contribution in [0.4, 0.5) is 0 Å². The minimum atomic E-state index is -0.557. The van der Waals surface area contributed by atoms with Gasteiger partial charge in [-0.05, 0) is 81.6 Å². The van der Waals surface area contributed by atoms with Crippen LogP contribution in [0.25, 0.3) is 32.7 Å². The molecule has 0 aliphatic carbocycles. The molecule has 0 amide bonds. The Kier molecular flexibility index (Phi) is 7.70. The Hall–Kier alpha value is -4.92. The average Bonchev–Trinajstić information content (AvgIpc) is 4.09. The molecule has 0 N–H and O–H groups in total. The topological polar surface area (TPSA) is 71.2 Å². The molecule has 0 bridgehead atoms. The minimum Gasteiger partial charge on any atom is -0.491 e. The van der Waals surface area contributed by atoms with Crippen LogP contribution in [0.15, 0.2) is 115 Å². The summed E-state index contributed by atoms with van der Waals surface area (Å²) in [7, 11) is 0. The molecule has 3 aliphatic rings. The van der Waals surface area contributed by atoms with Crippen LogP contribution in [0.3, 0.4) is 0 Å². The largest absolute Gasteiger partial charge is 0.491 e. The van der Waals surface area contributed by atoms with Crippen LogP contribution < -0.4 is 14.2 Å². The quantitative estimate of drug-likeness (QED) is 0.0968. The second-order valence-electron chi connectivity index (χ2n) is 12.8. The molecule has 49 heavy (non-hydrogen) atoms. The first-order valence-electron chi connectivity index (χ1n) is 16.8. The van der Waals surface area contributed by atoms with Crippen molar-refractivity contribution in [3.05, 3.63) is 132 Å². The van der Waals surface area contributed by atoms with Gasteiger partial charge in [-0.25, -0.2) is 0 Å². The minimum absolute atomic E-state index is 0.0775. The molecule has 2 atom stereocenters. The van der Waals surface area contributed by atoms with E-state index in [2.05, 4.69) is 104 Å². The molecule has 0 saturated carbocycles. The maximum Gasteiger partial charge on any atom is 0.181 e. The third-order valence-corrected chi connectivity index (χ3v) is 9.61. The monoisotopic (exact) mass is 652 g/mol. The van der Waals surface area contributed by atoms with E-state index >= 15 is 0 Å². The van der Waals surface area contributed by atoms with Crippen molar-refractivity contribution in [2.75, 3.05) is 39.6 Å². The second kappa shape index (κ2) is 12.5. The third-order valence-electron chi connectivity index (χ3n) is 9.61. The molecule has 7 heteroatoms. The van der Waals surface area contributed by atoms with Gasteiger partial charge in [-0.3, -0.25) is 0 Å². The molecule has 246 valence electrons. The summed E-state index contributed by atoms with van der Waals surface area (Å²) in [4.78, 5) is 0. The van der Waals surface area contributed by atoms with Gasteiger partial charge in [0.15, 0.2) is 12.6 Å². The van der Waals surface area contributed by atoms with Crippen molar-refractivity contribution in [3.63, 3.8) is 0 Å². The lowest BCUT2D eigenvalue weighted by Gasteiger charge is -2.40. The van der Waals surface area contributed by atoms with Gasteiger partial charge in [0.05, 0.1) is 18.6 Å². The Morgan fingerprint density at radius 2 is 1.08 bits per heavy atom. The summed E-state index contributed by atoms with van der Waals surface area (Å²) in [6.45, 7) is 5.53. The average molecular weight is 653 g/mol. The molecule has 2 unspecified atom stereocenters. The van der Waals surface area contributed by atoms with Gasteiger partial charge < -0.3 is 33.2 Å². The number of ether oxygens (including phenoxy) is 7. The summed E-state index contributed by atoms with van der Waals surface area (Å²) in [5.41, 5.74) is 5.23. The van der Waals surface area contributed by atoms with Gasteiger partial charge in [0.1, 0.15) is 49.4 Å². The van der Waals surface area contributed by atoms with Gasteiger partial charge in [0, 0.05) is 11.1 Å². The molecule has 2 fully saturated rings. The van der Waals surface area contributed by atoms with E-state index in [9.17, 15) is 0 Å². The lowest BCUT2D eigenvalue weighted by molar-refractivity contribution is 0.0323. The predicted octanol–water partition coefficient (Wildman–Crippen LogP) is 8.62. The van der Waals surface area contributed by atoms with E-state index in [1.54, 1.807) is 0 Å². The molecule has 3 aliphatic heterocycles. The molecule has 7 nitrogen and oxygen atoms in total. The van der Waals surface area contributed by atoms with Gasteiger partial charge in [0.2, 0.25) is 0 Å². The summed E-state index contributed by atoms with van der Waals surface area (Å²) in [6, 6.07) is 40.5. The van der Waals surface area contributed by atoms with Gasteiger partial charge >= 0.3 is 0 Å². The first-order valence-corrected chi connectivity index (χ1v) is 16.8. The number of benzene rings is 6. The fourth-order valence-electron chi connectivity index (χ4n) is 7.06. The SMILES string of the molecule is CC1(c2ccc(-c3ccccc3)cc2)c2c(ccc3cc(OCCOC4CO4)ccc23)Oc2ccc3cc(OCCOC4CO4)ccc3c21. The van der Waals surface area contributed by atoms with Crippen molar-refractivity contribution in [1.29, 1.82) is 0 Å². The first-order chi connectivity index (χ1) is 24.1. The molecule has 2 saturated heterocycles. The zero-order valence-corrected chi connectivity index (χ0v) is 27.2. The molecular formula is C42H36O7. The summed E-state index contributed by atoms with van der Waals surface area (Å²) < 4.78 is 40.3. The van der Waals surface area contributed by atoms with Gasteiger partial charge in [-0.15, -0.1) is 0 Å². The van der Waals surface area contributed by atoms with Crippen LogP contribution >= 0.6 is 0 Å². The van der Waals surface area contributed by atoms with E-state index < -0.39 is 5.41 Å². The molecule has 6 aromatic carbocycles. The van der Waals surface area contributed by atoms with Crippen LogP contribution in [-0.4, -0.2) is 52.2 Å². The fraction of sp³-hybridized carbons (Fsp3) is 0.238. The number of rotatable bonds is 12. The van der Waals surface area contributed by atoms with Crippen LogP contribution in [0.2, 0.25) is 0 Å². The summed E-state index contributed by atoms with van der Waals surface area (Å²) in [5.74, 6) is 3.29. The Morgan fingerprint density at radius 3 is 1.59 bits per heavy atom. The molecule has 6 aromatic rings. The van der Waals surface area contributed by atoms with E-state index in [1.165, 1.54) is 16.7 Å². The number of hydrogen-bond acceptors (Lipinski definition) is 7. The Balaban J connectivity index is 1.14. The van der Waals surface area contributed by atoms with E-state index in [1.807, 2.05) is 18.2 Å². The van der Waals surface area contributed by atoms with E-state index in [0.717, 1.165) is 55.7 Å². The number of fused-ring (bicyclic) bond motifs is 6. The van der Waals surface area contributed by atoms with Crippen LogP contribution in [0.1, 0.15) is 23.6 Å². The van der Waals surface area contributed by atoms with Gasteiger partial charge in [0.25, 0.3) is 0 Å². The summed E-state index contributed by atoms with van der Waals surface area (Å²) in [5, 5.41) is 4.39. The van der Waals surface area contributed by atoms with Crippen molar-refractivity contribution in [2.24, 2.45) is 0 Å². The molecule has 9 rings (SSSR count). The normalized spacial score (nSPS) is 20.3. The lowest BCUT2D eigenvalue weighted by Crippen LogP contribution is -2.30. The van der Waals surface area contributed by atoms with Crippen LogP contribution in [-0.2, 0) is 24.4 Å². The van der Waals surface area contributed by atoms with Crippen molar-refractivity contribution in [1.82, 2.24) is 0 Å². The number of epoxide rings is 2. The maximum absolute atomic E-state index is 6.76. The molecule has 0 aromatic heterocycles. The zero-order valence-electron chi connectivity index (χ0n) is 27.2. The highest BCUT2D eigenvalue weighted by Gasteiger charge is 2.42. The van der Waals surface area contributed by atoms with Crippen LogP contribution in [0, 0.1) is 0 Å². The van der Waals surface area contributed by atoms with Crippen LogP contribution in [0.5, 0.6) is 23.0 Å². The van der Waals surface area contributed by atoms with E-state index in [4.69, 9.17) is 33.2 Å². The van der Waals surface area contributed by atoms with Crippen molar-refractivity contribution < 1.29 is 33.2 Å². The fourth-order valence-corrected chi connectivity index (χ4v) is 7.06. The molecule has 0 spiro atoms. The zero-order chi connectivity index (χ0) is 32.8. The first kappa shape index (κ1) is 30.2. The highest BCUT2D eigenvalue weighted by molar-refractivity contribution is 5.97.